The molecule has 0 aliphatic rings. The topological polar surface area (TPSA) is 74.6 Å². The third-order valence-electron chi connectivity index (χ3n) is 3.09. The number of thiazole rings is 1. The SMILES string of the molecule is C/C(=N/Nc1ccc(C(=O)O)cc1)c1nc2ccccc2s1. The van der Waals surface area contributed by atoms with E-state index in [4.69, 9.17) is 5.11 Å². The average Bonchev–Trinajstić information content (AvgIpc) is 2.97. The Hall–Kier alpha value is -2.73. The van der Waals surface area contributed by atoms with E-state index in [9.17, 15) is 4.79 Å². The van der Waals surface area contributed by atoms with Crippen molar-refractivity contribution in [3.8, 4) is 0 Å². The molecule has 0 fully saturated rings. The van der Waals surface area contributed by atoms with E-state index in [1.54, 1.807) is 23.5 Å². The second-order valence-corrected chi connectivity index (χ2v) is 5.71. The molecule has 0 bridgehead atoms. The number of fused-ring (bicyclic) bond motifs is 1. The smallest absolute Gasteiger partial charge is 0.335 e. The van der Waals surface area contributed by atoms with E-state index < -0.39 is 5.97 Å². The maximum absolute atomic E-state index is 10.8. The van der Waals surface area contributed by atoms with E-state index in [1.165, 1.54) is 12.1 Å². The highest BCUT2D eigenvalue weighted by atomic mass is 32.1. The van der Waals surface area contributed by atoms with Gasteiger partial charge in [-0.2, -0.15) is 5.10 Å². The molecule has 5 nitrogen and oxygen atoms in total. The first-order valence-corrected chi connectivity index (χ1v) is 7.45. The number of nitrogens with zero attached hydrogens (tertiary/aromatic N) is 2. The van der Waals surface area contributed by atoms with Crippen LogP contribution in [0.5, 0.6) is 0 Å². The number of carboxylic acid groups (broad SMARTS) is 1. The number of hydrogen-bond donors (Lipinski definition) is 2. The van der Waals surface area contributed by atoms with E-state index in [1.807, 2.05) is 31.2 Å². The number of para-hydroxylation sites is 1. The zero-order valence-corrected chi connectivity index (χ0v) is 12.6. The van der Waals surface area contributed by atoms with Crippen LogP contribution in [-0.2, 0) is 0 Å². The number of hydrogen-bond acceptors (Lipinski definition) is 5. The van der Waals surface area contributed by atoms with Gasteiger partial charge in [0, 0.05) is 0 Å². The molecule has 22 heavy (non-hydrogen) atoms. The third-order valence-corrected chi connectivity index (χ3v) is 4.23. The van der Waals surface area contributed by atoms with Gasteiger partial charge in [-0.1, -0.05) is 12.1 Å². The summed E-state index contributed by atoms with van der Waals surface area (Å²) in [7, 11) is 0. The molecule has 0 unspecified atom stereocenters. The maximum atomic E-state index is 10.8. The number of nitrogens with one attached hydrogen (secondary N) is 1. The zero-order chi connectivity index (χ0) is 15.5. The van der Waals surface area contributed by atoms with Gasteiger partial charge in [0.1, 0.15) is 5.01 Å². The highest BCUT2D eigenvalue weighted by molar-refractivity contribution is 7.20. The van der Waals surface area contributed by atoms with Gasteiger partial charge in [0.05, 0.1) is 27.2 Å². The van der Waals surface area contributed by atoms with Crippen LogP contribution in [0.15, 0.2) is 53.6 Å². The Balaban J connectivity index is 1.77. The Bertz CT molecular complexity index is 820. The lowest BCUT2D eigenvalue weighted by Crippen LogP contribution is -2.00. The van der Waals surface area contributed by atoms with Crippen LogP contribution >= 0.6 is 11.3 Å². The second-order valence-electron chi connectivity index (χ2n) is 4.68. The van der Waals surface area contributed by atoms with Crippen LogP contribution in [0.2, 0.25) is 0 Å². The molecule has 0 saturated carbocycles. The van der Waals surface area contributed by atoms with Gasteiger partial charge in [-0.05, 0) is 43.3 Å². The molecule has 0 saturated heterocycles. The van der Waals surface area contributed by atoms with Crippen LogP contribution in [0, 0.1) is 0 Å². The number of hydrazone groups is 1. The van der Waals surface area contributed by atoms with Gasteiger partial charge in [0.2, 0.25) is 0 Å². The molecule has 0 aliphatic heterocycles. The Morgan fingerprint density at radius 2 is 1.91 bits per heavy atom. The number of anilines is 1. The van der Waals surface area contributed by atoms with E-state index >= 15 is 0 Å². The monoisotopic (exact) mass is 311 g/mol. The lowest BCUT2D eigenvalue weighted by molar-refractivity contribution is 0.0697. The second kappa shape index (κ2) is 5.95. The summed E-state index contributed by atoms with van der Waals surface area (Å²) in [6.07, 6.45) is 0. The van der Waals surface area contributed by atoms with Gasteiger partial charge in [0.25, 0.3) is 0 Å². The minimum absolute atomic E-state index is 0.248. The fourth-order valence-corrected chi connectivity index (χ4v) is 2.82. The number of benzene rings is 2. The van der Waals surface area contributed by atoms with Crippen LogP contribution < -0.4 is 5.43 Å². The summed E-state index contributed by atoms with van der Waals surface area (Å²) < 4.78 is 1.12. The first-order valence-electron chi connectivity index (χ1n) is 6.63. The van der Waals surface area contributed by atoms with Gasteiger partial charge in [-0.3, -0.25) is 5.43 Å². The van der Waals surface area contributed by atoms with E-state index in [-0.39, 0.29) is 5.56 Å². The summed E-state index contributed by atoms with van der Waals surface area (Å²) in [5, 5.41) is 14.0. The quantitative estimate of drug-likeness (QED) is 0.567. The first-order chi connectivity index (χ1) is 10.6. The maximum Gasteiger partial charge on any atom is 0.335 e. The Morgan fingerprint density at radius 1 is 1.18 bits per heavy atom. The van der Waals surface area contributed by atoms with Crippen molar-refractivity contribution in [2.75, 3.05) is 5.43 Å². The average molecular weight is 311 g/mol. The molecule has 2 aromatic carbocycles. The van der Waals surface area contributed by atoms with Crippen molar-refractivity contribution >= 4 is 38.9 Å². The molecule has 110 valence electrons. The molecule has 0 amide bonds. The fourth-order valence-electron chi connectivity index (χ4n) is 1.91. The highest BCUT2D eigenvalue weighted by Gasteiger charge is 2.06. The predicted octanol–water partition coefficient (Wildman–Crippen LogP) is 3.83. The number of carboxylic acids is 1. The van der Waals surface area contributed by atoms with Crippen molar-refractivity contribution in [2.24, 2.45) is 5.10 Å². The molecule has 2 N–H and O–H groups in total. The lowest BCUT2D eigenvalue weighted by Gasteiger charge is -2.02. The highest BCUT2D eigenvalue weighted by Crippen LogP contribution is 2.22. The van der Waals surface area contributed by atoms with Crippen molar-refractivity contribution in [2.45, 2.75) is 6.92 Å². The Kier molecular flexibility index (Phi) is 3.84. The predicted molar refractivity (Wildman–Crippen MR) is 88.9 cm³/mol. The molecule has 3 rings (SSSR count). The Labute approximate surface area is 130 Å². The van der Waals surface area contributed by atoms with Gasteiger partial charge in [0.15, 0.2) is 0 Å². The molecule has 3 aromatic rings. The molecular weight excluding hydrogens is 298 g/mol. The van der Waals surface area contributed by atoms with Crippen molar-refractivity contribution in [3.63, 3.8) is 0 Å². The molecule has 0 radical (unpaired) electrons. The summed E-state index contributed by atoms with van der Waals surface area (Å²) in [4.78, 5) is 15.3. The summed E-state index contributed by atoms with van der Waals surface area (Å²) in [6, 6.07) is 14.4. The molecule has 1 aromatic heterocycles. The van der Waals surface area contributed by atoms with Crippen LogP contribution in [-0.4, -0.2) is 21.8 Å². The van der Waals surface area contributed by atoms with E-state index in [2.05, 4.69) is 15.5 Å². The number of aromatic carboxylic acids is 1. The van der Waals surface area contributed by atoms with Crippen molar-refractivity contribution in [1.82, 2.24) is 4.98 Å². The van der Waals surface area contributed by atoms with Crippen LogP contribution in [0.1, 0.15) is 22.3 Å². The Morgan fingerprint density at radius 3 is 2.59 bits per heavy atom. The van der Waals surface area contributed by atoms with Gasteiger partial charge in [-0.15, -0.1) is 11.3 Å². The number of rotatable bonds is 4. The third kappa shape index (κ3) is 2.96. The van der Waals surface area contributed by atoms with Gasteiger partial charge >= 0.3 is 5.97 Å². The largest absolute Gasteiger partial charge is 0.478 e. The van der Waals surface area contributed by atoms with Gasteiger partial charge in [-0.25, -0.2) is 9.78 Å². The first kappa shape index (κ1) is 14.2. The number of carbonyl (C=O) groups is 1. The lowest BCUT2D eigenvalue weighted by atomic mass is 10.2. The molecule has 0 atom stereocenters. The molecule has 0 aliphatic carbocycles. The molecular formula is C16H13N3O2S. The van der Waals surface area contributed by atoms with Crippen molar-refractivity contribution < 1.29 is 9.90 Å². The van der Waals surface area contributed by atoms with Crippen molar-refractivity contribution in [3.05, 3.63) is 59.1 Å². The number of aromatic nitrogens is 1. The molecule has 1 heterocycles. The molecule has 6 heteroatoms. The van der Waals surface area contributed by atoms with Gasteiger partial charge < -0.3 is 5.11 Å². The summed E-state index contributed by atoms with van der Waals surface area (Å²) in [5.41, 5.74) is 5.63. The van der Waals surface area contributed by atoms with Crippen LogP contribution in [0.3, 0.4) is 0 Å². The normalized spacial score (nSPS) is 11.6. The minimum Gasteiger partial charge on any atom is -0.478 e. The summed E-state index contributed by atoms with van der Waals surface area (Å²) >= 11 is 1.59. The fraction of sp³-hybridized carbons (Fsp3) is 0.0625. The van der Waals surface area contributed by atoms with E-state index in [0.29, 0.717) is 0 Å². The van der Waals surface area contributed by atoms with E-state index in [0.717, 1.165) is 26.6 Å². The minimum atomic E-state index is -0.944. The van der Waals surface area contributed by atoms with Crippen molar-refractivity contribution in [1.29, 1.82) is 0 Å². The molecule has 0 spiro atoms. The summed E-state index contributed by atoms with van der Waals surface area (Å²) in [5.74, 6) is -0.944. The summed E-state index contributed by atoms with van der Waals surface area (Å²) in [6.45, 7) is 1.89. The standard InChI is InChI=1S/C16H13N3O2S/c1-10(15-17-13-4-2-3-5-14(13)22-15)18-19-12-8-6-11(7-9-12)16(20)21/h2-9,19H,1H3,(H,20,21)/b18-10-. The van der Waals surface area contributed by atoms with Crippen LogP contribution in [0.4, 0.5) is 5.69 Å². The van der Waals surface area contributed by atoms with Crippen LogP contribution in [0.25, 0.3) is 10.2 Å². The zero-order valence-electron chi connectivity index (χ0n) is 11.8.